The highest BCUT2D eigenvalue weighted by Gasteiger charge is 2.59. The molecule has 4 aliphatic carbocycles. The standard InChI is InChI=1S/C33H58O2Si2/c1-22(30(34)23(2)36(8,9)10)27-15-16-28-26-14-13-24-21-25(35-37(11,12)31(3,4)5)17-19-32(24,6)29(26)18-20-33(27,28)7/h13,25-30,34H,1-2,14-21H2,3-12H3/t25-,26-,27+,28-,29-,30?,32-,33+/m0/s1. The summed E-state index contributed by atoms with van der Waals surface area (Å²) in [6.45, 7) is 32.8. The summed E-state index contributed by atoms with van der Waals surface area (Å²) in [4.78, 5) is 0. The summed E-state index contributed by atoms with van der Waals surface area (Å²) in [5.74, 6) is 2.75. The number of aliphatic hydroxyl groups is 1. The molecule has 0 aromatic heterocycles. The quantitative estimate of drug-likeness (QED) is 0.268. The van der Waals surface area contributed by atoms with Gasteiger partial charge in [-0.2, -0.15) is 0 Å². The molecule has 1 N–H and O–H groups in total. The second-order valence-electron chi connectivity index (χ2n) is 16.4. The Morgan fingerprint density at radius 1 is 1.00 bits per heavy atom. The van der Waals surface area contributed by atoms with E-state index >= 15 is 0 Å². The van der Waals surface area contributed by atoms with E-state index in [1.165, 1.54) is 44.9 Å². The Morgan fingerprint density at radius 3 is 2.24 bits per heavy atom. The van der Waals surface area contributed by atoms with Crippen molar-refractivity contribution in [3.05, 3.63) is 35.6 Å². The van der Waals surface area contributed by atoms with Crippen LogP contribution in [0.3, 0.4) is 0 Å². The minimum Gasteiger partial charge on any atom is -0.414 e. The molecule has 210 valence electrons. The third kappa shape index (κ3) is 5.00. The van der Waals surface area contributed by atoms with Crippen LogP contribution in [0.25, 0.3) is 0 Å². The van der Waals surface area contributed by atoms with Crippen LogP contribution in [-0.2, 0) is 4.43 Å². The molecule has 0 amide bonds. The van der Waals surface area contributed by atoms with Crippen LogP contribution in [0, 0.1) is 34.5 Å². The van der Waals surface area contributed by atoms with E-state index in [-0.39, 0.29) is 10.5 Å². The average molecular weight is 543 g/mol. The van der Waals surface area contributed by atoms with Crippen LogP contribution in [0.15, 0.2) is 35.6 Å². The molecule has 0 heterocycles. The van der Waals surface area contributed by atoms with Crippen LogP contribution in [0.4, 0.5) is 0 Å². The van der Waals surface area contributed by atoms with Crippen LogP contribution in [0.2, 0.25) is 37.8 Å². The number of hydrogen-bond acceptors (Lipinski definition) is 2. The van der Waals surface area contributed by atoms with Gasteiger partial charge in [0.05, 0.1) is 14.2 Å². The summed E-state index contributed by atoms with van der Waals surface area (Å²) in [5.41, 5.74) is 3.40. The lowest BCUT2D eigenvalue weighted by Crippen LogP contribution is -2.52. The predicted molar refractivity (Wildman–Crippen MR) is 165 cm³/mol. The Morgan fingerprint density at radius 2 is 1.65 bits per heavy atom. The molecule has 4 heteroatoms. The van der Waals surface area contributed by atoms with Crippen LogP contribution in [-0.4, -0.2) is 33.7 Å². The first-order valence-corrected chi connectivity index (χ1v) is 21.7. The molecule has 3 fully saturated rings. The van der Waals surface area contributed by atoms with Crippen molar-refractivity contribution in [3.63, 3.8) is 0 Å². The molecule has 0 aromatic carbocycles. The van der Waals surface area contributed by atoms with Gasteiger partial charge < -0.3 is 9.53 Å². The van der Waals surface area contributed by atoms with Crippen LogP contribution >= 0.6 is 0 Å². The number of hydrogen-bond donors (Lipinski definition) is 1. The van der Waals surface area contributed by atoms with Gasteiger partial charge in [0.2, 0.25) is 0 Å². The summed E-state index contributed by atoms with van der Waals surface area (Å²) >= 11 is 0. The van der Waals surface area contributed by atoms with Gasteiger partial charge in [-0.05, 0) is 110 Å². The van der Waals surface area contributed by atoms with Crippen molar-refractivity contribution in [1.29, 1.82) is 0 Å². The van der Waals surface area contributed by atoms with Crippen molar-refractivity contribution < 1.29 is 9.53 Å². The first kappa shape index (κ1) is 29.6. The number of aliphatic hydroxyl groups excluding tert-OH is 1. The molecular weight excluding hydrogens is 485 g/mol. The van der Waals surface area contributed by atoms with E-state index in [1.807, 2.05) is 0 Å². The molecule has 4 aliphatic rings. The minimum atomic E-state index is -1.74. The molecule has 2 nitrogen and oxygen atoms in total. The van der Waals surface area contributed by atoms with Crippen molar-refractivity contribution in [2.75, 3.05) is 0 Å². The lowest BCUT2D eigenvalue weighted by Gasteiger charge is -2.58. The monoisotopic (exact) mass is 542 g/mol. The van der Waals surface area contributed by atoms with E-state index in [1.54, 1.807) is 5.57 Å². The zero-order valence-electron chi connectivity index (χ0n) is 26.0. The largest absolute Gasteiger partial charge is 0.414 e. The maximum atomic E-state index is 11.3. The first-order chi connectivity index (χ1) is 16.8. The molecule has 37 heavy (non-hydrogen) atoms. The fourth-order valence-corrected chi connectivity index (χ4v) is 11.1. The summed E-state index contributed by atoms with van der Waals surface area (Å²) in [6, 6.07) is 0. The summed E-state index contributed by atoms with van der Waals surface area (Å²) < 4.78 is 6.92. The van der Waals surface area contributed by atoms with Gasteiger partial charge in [0.15, 0.2) is 8.32 Å². The van der Waals surface area contributed by atoms with E-state index in [0.717, 1.165) is 34.9 Å². The maximum Gasteiger partial charge on any atom is 0.192 e. The molecule has 0 spiro atoms. The fourth-order valence-electron chi connectivity index (χ4n) is 8.76. The van der Waals surface area contributed by atoms with Gasteiger partial charge in [0.1, 0.15) is 0 Å². The van der Waals surface area contributed by atoms with Crippen molar-refractivity contribution in [1.82, 2.24) is 0 Å². The molecular formula is C33H58O2Si2. The molecule has 0 aliphatic heterocycles. The van der Waals surface area contributed by atoms with Gasteiger partial charge in [0.25, 0.3) is 0 Å². The zero-order valence-corrected chi connectivity index (χ0v) is 28.0. The topological polar surface area (TPSA) is 29.5 Å². The second-order valence-corrected chi connectivity index (χ2v) is 26.3. The van der Waals surface area contributed by atoms with E-state index in [0.29, 0.717) is 17.4 Å². The average Bonchev–Trinajstić information content (AvgIpc) is 3.13. The molecule has 1 unspecified atom stereocenters. The Balaban J connectivity index is 1.51. The number of fused-ring (bicyclic) bond motifs is 5. The summed E-state index contributed by atoms with van der Waals surface area (Å²) in [7, 11) is -3.36. The van der Waals surface area contributed by atoms with Gasteiger partial charge in [-0.3, -0.25) is 0 Å². The molecule has 4 rings (SSSR count). The van der Waals surface area contributed by atoms with E-state index in [4.69, 9.17) is 4.43 Å². The smallest absolute Gasteiger partial charge is 0.192 e. The normalized spacial score (nSPS) is 39.2. The summed E-state index contributed by atoms with van der Waals surface area (Å²) in [6.07, 6.45) is 12.5. The van der Waals surface area contributed by atoms with Gasteiger partial charge in [-0.25, -0.2) is 0 Å². The van der Waals surface area contributed by atoms with Crippen molar-refractivity contribution in [2.45, 2.75) is 136 Å². The van der Waals surface area contributed by atoms with Gasteiger partial charge in [-0.1, -0.05) is 77.7 Å². The van der Waals surface area contributed by atoms with Crippen molar-refractivity contribution >= 4 is 16.4 Å². The highest BCUT2D eigenvalue weighted by molar-refractivity contribution is 6.83. The molecule has 0 aromatic rings. The molecule has 0 radical (unpaired) electrons. The first-order valence-electron chi connectivity index (χ1n) is 15.3. The Kier molecular flexibility index (Phi) is 7.66. The molecule has 0 bridgehead atoms. The van der Waals surface area contributed by atoms with Crippen molar-refractivity contribution in [2.24, 2.45) is 34.5 Å². The lowest BCUT2D eigenvalue weighted by atomic mass is 9.47. The fraction of sp³-hybridized carbons (Fsp3) is 0.818. The molecule has 3 saturated carbocycles. The van der Waals surface area contributed by atoms with Crippen LogP contribution in [0.1, 0.15) is 86.0 Å². The third-order valence-corrected chi connectivity index (χ3v) is 19.2. The highest BCUT2D eigenvalue weighted by Crippen LogP contribution is 2.67. The Hall–Kier alpha value is -0.426. The van der Waals surface area contributed by atoms with E-state index in [9.17, 15) is 5.11 Å². The third-order valence-electron chi connectivity index (χ3n) is 12.4. The van der Waals surface area contributed by atoms with Crippen LogP contribution < -0.4 is 0 Å². The number of allylic oxidation sites excluding steroid dienone is 1. The maximum absolute atomic E-state index is 11.3. The lowest BCUT2D eigenvalue weighted by molar-refractivity contribution is -0.0458. The SMILES string of the molecule is C=C(C(O)C(=C)[Si](C)(C)C)[C@H]1CC[C@H]2[C@@H]3CC=C4C[C@@H](O[Si](C)(C)C(C)(C)C)CC[C@]4(C)[C@H]3CC[C@]12C. The Bertz CT molecular complexity index is 950. The van der Waals surface area contributed by atoms with Crippen molar-refractivity contribution in [3.8, 4) is 0 Å². The van der Waals surface area contributed by atoms with Crippen LogP contribution in [0.5, 0.6) is 0 Å². The van der Waals surface area contributed by atoms with E-state index < -0.39 is 22.5 Å². The Labute approximate surface area is 231 Å². The molecule has 8 atom stereocenters. The van der Waals surface area contributed by atoms with Gasteiger partial charge in [-0.15, -0.1) is 6.58 Å². The minimum absolute atomic E-state index is 0.267. The summed E-state index contributed by atoms with van der Waals surface area (Å²) in [5, 5.41) is 12.6. The predicted octanol–water partition coefficient (Wildman–Crippen LogP) is 9.31. The molecule has 0 saturated heterocycles. The van der Waals surface area contributed by atoms with Gasteiger partial charge in [0, 0.05) is 6.10 Å². The highest BCUT2D eigenvalue weighted by atomic mass is 28.4. The van der Waals surface area contributed by atoms with Gasteiger partial charge >= 0.3 is 0 Å². The van der Waals surface area contributed by atoms with E-state index in [2.05, 4.69) is 86.6 Å². The second kappa shape index (κ2) is 9.59. The zero-order chi connectivity index (χ0) is 27.8. The number of rotatable bonds is 6.